The fourth-order valence-corrected chi connectivity index (χ4v) is 5.42. The molecule has 0 unspecified atom stereocenters. The van der Waals surface area contributed by atoms with Crippen molar-refractivity contribution >= 4 is 43.6 Å². The number of H-pyrrole nitrogens is 2. The molecule has 6 aromatic rings. The van der Waals surface area contributed by atoms with E-state index in [0.717, 1.165) is 0 Å². The highest BCUT2D eigenvalue weighted by Gasteiger charge is 2.36. The maximum absolute atomic E-state index is 3.62. The molecule has 0 atom stereocenters. The number of nitrogens with one attached hydrogen (secondary N) is 2. The quantitative estimate of drug-likeness (QED) is 0.281. The number of rotatable bonds is 0. The number of benzene rings is 4. The molecule has 0 amide bonds. The van der Waals surface area contributed by atoms with Crippen LogP contribution in [0.4, 0.5) is 0 Å². The van der Waals surface area contributed by atoms with Crippen molar-refractivity contribution in [3.63, 3.8) is 0 Å². The first kappa shape index (κ1) is 15.4. The van der Waals surface area contributed by atoms with Gasteiger partial charge in [-0.2, -0.15) is 0 Å². The SMILES string of the molecule is CC1(C)c2cc3[nH]c4ccccc4c3cc2-c2cc3c(cc21)[nH]c1ccccc13. The van der Waals surface area contributed by atoms with Crippen LogP contribution in [-0.2, 0) is 5.41 Å². The minimum absolute atomic E-state index is 0.0262. The molecule has 29 heavy (non-hydrogen) atoms. The Bertz CT molecular complexity index is 1500. The van der Waals surface area contributed by atoms with Crippen LogP contribution in [0.2, 0.25) is 0 Å². The van der Waals surface area contributed by atoms with E-state index in [9.17, 15) is 0 Å². The number of para-hydroxylation sites is 2. The highest BCUT2D eigenvalue weighted by molar-refractivity contribution is 6.12. The molecule has 0 saturated carbocycles. The van der Waals surface area contributed by atoms with Crippen molar-refractivity contribution < 1.29 is 0 Å². The Balaban J connectivity index is 1.62. The van der Waals surface area contributed by atoms with E-state index in [1.165, 1.54) is 65.9 Å². The molecule has 138 valence electrons. The van der Waals surface area contributed by atoms with Crippen molar-refractivity contribution in [2.24, 2.45) is 0 Å². The molecule has 0 saturated heterocycles. The Hall–Kier alpha value is -3.52. The summed E-state index contributed by atoms with van der Waals surface area (Å²) in [5, 5.41) is 5.21. The summed E-state index contributed by atoms with van der Waals surface area (Å²) in [5.41, 5.74) is 10.4. The zero-order valence-electron chi connectivity index (χ0n) is 16.4. The molecule has 0 radical (unpaired) electrons. The van der Waals surface area contributed by atoms with Crippen LogP contribution < -0.4 is 0 Å². The summed E-state index contributed by atoms with van der Waals surface area (Å²) in [6, 6.07) is 26.7. The summed E-state index contributed by atoms with van der Waals surface area (Å²) < 4.78 is 0. The topological polar surface area (TPSA) is 31.6 Å². The predicted molar refractivity (Wildman–Crippen MR) is 123 cm³/mol. The molecule has 2 nitrogen and oxygen atoms in total. The summed E-state index contributed by atoms with van der Waals surface area (Å²) >= 11 is 0. The van der Waals surface area contributed by atoms with Gasteiger partial charge in [-0.3, -0.25) is 0 Å². The van der Waals surface area contributed by atoms with Gasteiger partial charge in [0.25, 0.3) is 0 Å². The molecule has 2 aromatic heterocycles. The number of aromatic nitrogens is 2. The number of hydrogen-bond donors (Lipinski definition) is 2. The highest BCUT2D eigenvalue weighted by Crippen LogP contribution is 2.51. The second kappa shape index (κ2) is 4.90. The molecule has 4 aromatic carbocycles. The van der Waals surface area contributed by atoms with Crippen LogP contribution in [-0.4, -0.2) is 9.97 Å². The van der Waals surface area contributed by atoms with E-state index in [-0.39, 0.29) is 5.41 Å². The van der Waals surface area contributed by atoms with E-state index in [1.807, 2.05) is 0 Å². The normalized spacial score (nSPS) is 14.8. The zero-order valence-corrected chi connectivity index (χ0v) is 16.4. The van der Waals surface area contributed by atoms with Crippen LogP contribution in [0.25, 0.3) is 54.7 Å². The van der Waals surface area contributed by atoms with E-state index in [0.29, 0.717) is 0 Å². The molecular weight excluding hydrogens is 352 g/mol. The van der Waals surface area contributed by atoms with Crippen molar-refractivity contribution in [1.82, 2.24) is 9.97 Å². The van der Waals surface area contributed by atoms with Crippen molar-refractivity contribution in [3.05, 3.63) is 83.9 Å². The average molecular weight is 372 g/mol. The molecule has 2 N–H and O–H groups in total. The minimum atomic E-state index is -0.0262. The van der Waals surface area contributed by atoms with Crippen LogP contribution in [0.5, 0.6) is 0 Å². The second-order valence-corrected chi connectivity index (χ2v) is 8.85. The van der Waals surface area contributed by atoms with Gasteiger partial charge in [-0.05, 0) is 58.7 Å². The molecule has 1 aliphatic carbocycles. The fraction of sp³-hybridized carbons (Fsp3) is 0.111. The fourth-order valence-electron chi connectivity index (χ4n) is 5.42. The summed E-state index contributed by atoms with van der Waals surface area (Å²) in [6.45, 7) is 4.70. The van der Waals surface area contributed by atoms with Gasteiger partial charge in [-0.15, -0.1) is 0 Å². The zero-order chi connectivity index (χ0) is 19.3. The second-order valence-electron chi connectivity index (χ2n) is 8.85. The molecule has 2 heteroatoms. The first-order chi connectivity index (χ1) is 14.1. The lowest BCUT2D eigenvalue weighted by molar-refractivity contribution is 0.662. The van der Waals surface area contributed by atoms with E-state index >= 15 is 0 Å². The van der Waals surface area contributed by atoms with Crippen LogP contribution in [0.1, 0.15) is 25.0 Å². The lowest BCUT2D eigenvalue weighted by Crippen LogP contribution is -2.14. The molecule has 0 aliphatic heterocycles. The molecular formula is C27H20N2. The van der Waals surface area contributed by atoms with Gasteiger partial charge in [0.05, 0.1) is 0 Å². The van der Waals surface area contributed by atoms with Gasteiger partial charge in [0.1, 0.15) is 0 Å². The van der Waals surface area contributed by atoms with E-state index < -0.39 is 0 Å². The summed E-state index contributed by atoms with van der Waals surface area (Å²) in [6.07, 6.45) is 0. The van der Waals surface area contributed by atoms with Crippen LogP contribution >= 0.6 is 0 Å². The lowest BCUT2D eigenvalue weighted by atomic mass is 9.82. The smallest absolute Gasteiger partial charge is 0.0468 e. The Morgan fingerprint density at radius 3 is 1.45 bits per heavy atom. The van der Waals surface area contributed by atoms with E-state index in [1.54, 1.807) is 0 Å². The molecule has 0 fully saturated rings. The maximum Gasteiger partial charge on any atom is 0.0468 e. The van der Waals surface area contributed by atoms with Crippen molar-refractivity contribution in [1.29, 1.82) is 0 Å². The Labute approximate surface area is 168 Å². The number of fused-ring (bicyclic) bond motifs is 9. The molecule has 7 rings (SSSR count). The Kier molecular flexibility index (Phi) is 2.60. The molecule has 0 bridgehead atoms. The van der Waals surface area contributed by atoms with Crippen molar-refractivity contribution in [2.45, 2.75) is 19.3 Å². The van der Waals surface area contributed by atoms with Gasteiger partial charge in [0, 0.05) is 49.0 Å². The Morgan fingerprint density at radius 1 is 0.517 bits per heavy atom. The van der Waals surface area contributed by atoms with Gasteiger partial charge in [0.2, 0.25) is 0 Å². The first-order valence-electron chi connectivity index (χ1n) is 10.2. The average Bonchev–Trinajstić information content (AvgIpc) is 3.34. The summed E-state index contributed by atoms with van der Waals surface area (Å²) in [5.74, 6) is 0. The standard InChI is InChI=1S/C27H20N2/c1-27(2)21-13-25-19(15-7-3-5-9-23(15)28-25)11-17(21)18-12-20-16-8-4-6-10-24(16)29-26(20)14-22(18)27/h3-14,28-29H,1-2H3. The van der Waals surface area contributed by atoms with Crippen LogP contribution in [0.15, 0.2) is 72.8 Å². The van der Waals surface area contributed by atoms with Crippen molar-refractivity contribution in [2.75, 3.05) is 0 Å². The Morgan fingerprint density at radius 2 is 0.966 bits per heavy atom. The third kappa shape index (κ3) is 1.82. The maximum atomic E-state index is 3.62. The van der Waals surface area contributed by atoms with Gasteiger partial charge in [0.15, 0.2) is 0 Å². The van der Waals surface area contributed by atoms with Crippen molar-refractivity contribution in [3.8, 4) is 11.1 Å². The van der Waals surface area contributed by atoms with Crippen LogP contribution in [0, 0.1) is 0 Å². The number of aromatic amines is 2. The monoisotopic (exact) mass is 372 g/mol. The highest BCUT2D eigenvalue weighted by atomic mass is 14.7. The summed E-state index contributed by atoms with van der Waals surface area (Å²) in [4.78, 5) is 7.24. The third-order valence-corrected chi connectivity index (χ3v) is 6.93. The van der Waals surface area contributed by atoms with Gasteiger partial charge in [-0.25, -0.2) is 0 Å². The number of hydrogen-bond acceptors (Lipinski definition) is 0. The van der Waals surface area contributed by atoms with Gasteiger partial charge >= 0.3 is 0 Å². The largest absolute Gasteiger partial charge is 0.355 e. The predicted octanol–water partition coefficient (Wildman–Crippen LogP) is 7.26. The van der Waals surface area contributed by atoms with Gasteiger partial charge in [-0.1, -0.05) is 50.2 Å². The lowest BCUT2D eigenvalue weighted by Gasteiger charge is -2.21. The molecule has 2 heterocycles. The van der Waals surface area contributed by atoms with E-state index in [4.69, 9.17) is 0 Å². The minimum Gasteiger partial charge on any atom is -0.355 e. The van der Waals surface area contributed by atoms with Gasteiger partial charge < -0.3 is 9.97 Å². The third-order valence-electron chi connectivity index (χ3n) is 6.93. The molecule has 0 spiro atoms. The van der Waals surface area contributed by atoms with Crippen LogP contribution in [0.3, 0.4) is 0 Å². The van der Waals surface area contributed by atoms with E-state index in [2.05, 4.69) is 96.6 Å². The first-order valence-corrected chi connectivity index (χ1v) is 10.2. The molecule has 1 aliphatic rings. The summed E-state index contributed by atoms with van der Waals surface area (Å²) in [7, 11) is 0.